The molecule has 4 nitrogen and oxygen atoms in total. The van der Waals surface area contributed by atoms with Gasteiger partial charge in [-0.15, -0.1) is 0 Å². The fraction of sp³-hybridized carbons (Fsp3) is 0.125. The van der Waals surface area contributed by atoms with Crippen molar-refractivity contribution >= 4 is 34.7 Å². The molecular weight excluding hydrogens is 288 g/mol. The summed E-state index contributed by atoms with van der Waals surface area (Å²) >= 11 is 5.94. The van der Waals surface area contributed by atoms with Crippen LogP contribution in [0.3, 0.4) is 0 Å². The van der Waals surface area contributed by atoms with Gasteiger partial charge in [0.15, 0.2) is 11.3 Å². The predicted octanol–water partition coefficient (Wildman–Crippen LogP) is 3.19. The van der Waals surface area contributed by atoms with Gasteiger partial charge in [0.25, 0.3) is 5.91 Å². The van der Waals surface area contributed by atoms with Crippen LogP contribution >= 0.6 is 11.6 Å². The molecule has 1 unspecified atom stereocenters. The summed E-state index contributed by atoms with van der Waals surface area (Å²) in [5, 5.41) is 6.60. The lowest BCUT2D eigenvalue weighted by atomic mass is 9.81. The van der Waals surface area contributed by atoms with Crippen molar-refractivity contribution in [3.63, 3.8) is 0 Å². The summed E-state index contributed by atoms with van der Waals surface area (Å²) < 4.78 is 0. The molecule has 2 N–H and O–H groups in total. The topological polar surface area (TPSA) is 58.2 Å². The van der Waals surface area contributed by atoms with Gasteiger partial charge in [0.05, 0.1) is 0 Å². The Kier molecular flexibility index (Phi) is 2.41. The molecule has 104 valence electrons. The molecule has 21 heavy (non-hydrogen) atoms. The Hall–Kier alpha value is -2.33. The molecule has 2 aromatic rings. The molecule has 2 aliphatic rings. The van der Waals surface area contributed by atoms with Gasteiger partial charge in [-0.25, -0.2) is 0 Å². The standard InChI is InChI=1S/C16H11ClN2O2/c17-9-5-6-12-10(7-9)14(20)8-16(19-12)11-3-1-2-4-13(11)18-15(16)21/h1-7,19H,8H2,(H,18,21). The molecule has 2 aromatic carbocycles. The quantitative estimate of drug-likeness (QED) is 0.785. The van der Waals surface area contributed by atoms with E-state index < -0.39 is 5.54 Å². The van der Waals surface area contributed by atoms with Gasteiger partial charge >= 0.3 is 0 Å². The highest BCUT2D eigenvalue weighted by Gasteiger charge is 2.50. The summed E-state index contributed by atoms with van der Waals surface area (Å²) in [5.41, 5.74) is 1.71. The van der Waals surface area contributed by atoms with Gasteiger partial charge < -0.3 is 10.6 Å². The first kappa shape index (κ1) is 12.4. The van der Waals surface area contributed by atoms with Gasteiger partial charge in [0, 0.05) is 33.9 Å². The highest BCUT2D eigenvalue weighted by Crippen LogP contribution is 2.45. The number of hydrogen-bond acceptors (Lipinski definition) is 3. The zero-order chi connectivity index (χ0) is 14.6. The first-order valence-electron chi connectivity index (χ1n) is 6.62. The van der Waals surface area contributed by atoms with E-state index in [0.717, 1.165) is 11.3 Å². The lowest BCUT2D eigenvalue weighted by Gasteiger charge is -2.34. The van der Waals surface area contributed by atoms with Gasteiger partial charge in [-0.3, -0.25) is 9.59 Å². The zero-order valence-electron chi connectivity index (χ0n) is 10.9. The van der Waals surface area contributed by atoms with Gasteiger partial charge in [0.1, 0.15) is 0 Å². The molecule has 0 saturated carbocycles. The number of carbonyl (C=O) groups is 2. The van der Waals surface area contributed by atoms with Gasteiger partial charge in [-0.05, 0) is 24.3 Å². The molecular formula is C16H11ClN2O2. The van der Waals surface area contributed by atoms with Gasteiger partial charge in [-0.2, -0.15) is 0 Å². The number of amides is 1. The molecule has 0 bridgehead atoms. The minimum atomic E-state index is -1.02. The Balaban J connectivity index is 1.90. The highest BCUT2D eigenvalue weighted by atomic mass is 35.5. The van der Waals surface area contributed by atoms with Crippen LogP contribution in [0.5, 0.6) is 0 Å². The summed E-state index contributed by atoms with van der Waals surface area (Å²) in [6.45, 7) is 0. The average Bonchev–Trinajstić information content (AvgIpc) is 2.73. The maximum atomic E-state index is 12.5. The van der Waals surface area contributed by atoms with E-state index >= 15 is 0 Å². The van der Waals surface area contributed by atoms with E-state index in [1.54, 1.807) is 18.2 Å². The predicted molar refractivity (Wildman–Crippen MR) is 80.8 cm³/mol. The molecule has 0 saturated heterocycles. The van der Waals surface area contributed by atoms with Gasteiger partial charge in [0.2, 0.25) is 0 Å². The number of anilines is 2. The van der Waals surface area contributed by atoms with Crippen molar-refractivity contribution in [2.75, 3.05) is 10.6 Å². The number of nitrogens with one attached hydrogen (secondary N) is 2. The Morgan fingerprint density at radius 1 is 1.05 bits per heavy atom. The minimum absolute atomic E-state index is 0.0851. The van der Waals surface area contributed by atoms with Crippen molar-refractivity contribution in [3.8, 4) is 0 Å². The molecule has 0 fully saturated rings. The highest BCUT2D eigenvalue weighted by molar-refractivity contribution is 6.31. The minimum Gasteiger partial charge on any atom is -0.367 e. The Bertz CT molecular complexity index is 803. The Morgan fingerprint density at radius 3 is 2.71 bits per heavy atom. The van der Waals surface area contributed by atoms with Crippen molar-refractivity contribution in [1.29, 1.82) is 0 Å². The summed E-state index contributed by atoms with van der Waals surface area (Å²) in [7, 11) is 0. The van der Waals surface area contributed by atoms with Crippen molar-refractivity contribution in [2.24, 2.45) is 0 Å². The number of ketones is 1. The van der Waals surface area contributed by atoms with Crippen LogP contribution in [0.25, 0.3) is 0 Å². The maximum absolute atomic E-state index is 12.5. The monoisotopic (exact) mass is 298 g/mol. The van der Waals surface area contributed by atoms with Crippen LogP contribution in [-0.2, 0) is 10.3 Å². The van der Waals surface area contributed by atoms with Crippen LogP contribution in [-0.4, -0.2) is 11.7 Å². The van der Waals surface area contributed by atoms with E-state index in [1.165, 1.54) is 0 Å². The molecule has 5 heteroatoms. The third kappa shape index (κ3) is 1.63. The third-order valence-corrected chi connectivity index (χ3v) is 4.31. The number of fused-ring (bicyclic) bond motifs is 3. The van der Waals surface area contributed by atoms with Crippen LogP contribution in [0.15, 0.2) is 42.5 Å². The second-order valence-electron chi connectivity index (χ2n) is 5.32. The molecule has 2 heterocycles. The first-order chi connectivity index (χ1) is 10.1. The van der Waals surface area contributed by atoms with E-state index in [9.17, 15) is 9.59 Å². The number of halogens is 1. The average molecular weight is 299 g/mol. The van der Waals surface area contributed by atoms with Crippen molar-refractivity contribution in [2.45, 2.75) is 12.0 Å². The lowest BCUT2D eigenvalue weighted by molar-refractivity contribution is -0.120. The molecule has 0 radical (unpaired) electrons. The van der Waals surface area contributed by atoms with Crippen molar-refractivity contribution in [3.05, 3.63) is 58.6 Å². The SMILES string of the molecule is O=C1CC2(Nc3ccc(Cl)cc31)C(=O)Nc1ccccc12. The lowest BCUT2D eigenvalue weighted by Crippen LogP contribution is -2.46. The molecule has 0 aromatic heterocycles. The van der Waals surface area contributed by atoms with E-state index in [1.807, 2.05) is 24.3 Å². The van der Waals surface area contributed by atoms with E-state index in [-0.39, 0.29) is 18.1 Å². The summed E-state index contributed by atoms with van der Waals surface area (Å²) in [6.07, 6.45) is 0.0865. The van der Waals surface area contributed by atoms with E-state index in [0.29, 0.717) is 16.3 Å². The maximum Gasteiger partial charge on any atom is 0.255 e. The molecule has 4 rings (SSSR count). The summed E-state index contributed by atoms with van der Waals surface area (Å²) in [5.74, 6) is -0.282. The fourth-order valence-corrected chi connectivity index (χ4v) is 3.25. The number of benzene rings is 2. The molecule has 1 spiro atoms. The molecule has 1 amide bonds. The smallest absolute Gasteiger partial charge is 0.255 e. The third-order valence-electron chi connectivity index (χ3n) is 4.08. The van der Waals surface area contributed by atoms with Crippen LogP contribution in [0.1, 0.15) is 22.3 Å². The molecule has 1 atom stereocenters. The Labute approximate surface area is 126 Å². The van der Waals surface area contributed by atoms with Crippen LogP contribution in [0, 0.1) is 0 Å². The summed E-state index contributed by atoms with van der Waals surface area (Å²) in [6, 6.07) is 12.5. The number of carbonyl (C=O) groups excluding carboxylic acids is 2. The van der Waals surface area contributed by atoms with Crippen LogP contribution < -0.4 is 10.6 Å². The van der Waals surface area contributed by atoms with Gasteiger partial charge in [-0.1, -0.05) is 29.8 Å². The molecule has 2 aliphatic heterocycles. The van der Waals surface area contributed by atoms with Crippen LogP contribution in [0.2, 0.25) is 5.02 Å². The normalized spacial score (nSPS) is 22.5. The van der Waals surface area contributed by atoms with E-state index in [4.69, 9.17) is 11.6 Å². The second-order valence-corrected chi connectivity index (χ2v) is 5.76. The number of hydrogen-bond donors (Lipinski definition) is 2. The summed E-state index contributed by atoms with van der Waals surface area (Å²) in [4.78, 5) is 25.0. The van der Waals surface area contributed by atoms with Crippen LogP contribution in [0.4, 0.5) is 11.4 Å². The number of rotatable bonds is 0. The number of Topliss-reactive ketones (excluding diaryl/α,β-unsaturated/α-hetero) is 1. The van der Waals surface area contributed by atoms with E-state index in [2.05, 4.69) is 10.6 Å². The Morgan fingerprint density at radius 2 is 1.86 bits per heavy atom. The van der Waals surface area contributed by atoms with Crippen molar-refractivity contribution in [1.82, 2.24) is 0 Å². The largest absolute Gasteiger partial charge is 0.367 e. The zero-order valence-corrected chi connectivity index (χ0v) is 11.7. The molecule has 0 aliphatic carbocycles. The first-order valence-corrected chi connectivity index (χ1v) is 7.00. The fourth-order valence-electron chi connectivity index (χ4n) is 3.08. The second kappa shape index (κ2) is 4.09. The van der Waals surface area contributed by atoms with Crippen molar-refractivity contribution < 1.29 is 9.59 Å². The number of para-hydroxylation sites is 1.